The van der Waals surface area contributed by atoms with Crippen LogP contribution in [0.25, 0.3) is 0 Å². The highest BCUT2D eigenvalue weighted by atomic mass is 16.6. The van der Waals surface area contributed by atoms with Gasteiger partial charge in [-0.25, -0.2) is 4.79 Å². The summed E-state index contributed by atoms with van der Waals surface area (Å²) in [5.41, 5.74) is -0.102. The number of nitrogens with zero attached hydrogens (tertiary/aromatic N) is 2. The summed E-state index contributed by atoms with van der Waals surface area (Å²) in [7, 11) is 0. The molecule has 116 valence electrons. The number of rotatable bonds is 8. The number of carbonyl (C=O) groups excluding carboxylic acids is 1. The minimum Gasteiger partial charge on any atom is -0.480 e. The van der Waals surface area contributed by atoms with Crippen molar-refractivity contribution in [2.24, 2.45) is 0 Å². The third-order valence-electron chi connectivity index (χ3n) is 3.12. The highest BCUT2D eigenvalue weighted by molar-refractivity contribution is 5.96. The molecule has 0 saturated heterocycles. The van der Waals surface area contributed by atoms with E-state index in [1.807, 2.05) is 6.92 Å². The summed E-state index contributed by atoms with van der Waals surface area (Å²) < 4.78 is 1.42. The van der Waals surface area contributed by atoms with Gasteiger partial charge in [0.2, 0.25) is 0 Å². The Labute approximate surface area is 121 Å². The van der Waals surface area contributed by atoms with E-state index in [0.29, 0.717) is 19.4 Å². The lowest BCUT2D eigenvalue weighted by molar-refractivity contribution is -0.384. The Bertz CT molecular complexity index is 538. The third-order valence-corrected chi connectivity index (χ3v) is 3.12. The van der Waals surface area contributed by atoms with Gasteiger partial charge >= 0.3 is 5.97 Å². The maximum atomic E-state index is 12.1. The smallest absolute Gasteiger partial charge is 0.326 e. The van der Waals surface area contributed by atoms with Gasteiger partial charge in [-0.05, 0) is 13.3 Å². The van der Waals surface area contributed by atoms with E-state index in [-0.39, 0.29) is 11.4 Å². The molecule has 21 heavy (non-hydrogen) atoms. The summed E-state index contributed by atoms with van der Waals surface area (Å²) in [5, 5.41) is 22.2. The maximum absolute atomic E-state index is 12.1. The van der Waals surface area contributed by atoms with Crippen molar-refractivity contribution in [1.29, 1.82) is 0 Å². The van der Waals surface area contributed by atoms with Crippen LogP contribution in [-0.2, 0) is 11.3 Å². The van der Waals surface area contributed by atoms with E-state index in [4.69, 9.17) is 5.11 Å². The van der Waals surface area contributed by atoms with E-state index in [1.54, 1.807) is 6.92 Å². The molecular formula is C13H19N3O5. The van der Waals surface area contributed by atoms with Gasteiger partial charge in [0, 0.05) is 12.6 Å². The Balaban J connectivity index is 2.91. The summed E-state index contributed by atoms with van der Waals surface area (Å²) in [4.78, 5) is 33.4. The lowest BCUT2D eigenvalue weighted by Gasteiger charge is -2.14. The first kappa shape index (κ1) is 16.7. The number of unbranched alkanes of at least 4 members (excludes halogenated alkanes) is 1. The number of carboxylic acid groups (broad SMARTS) is 1. The Kier molecular flexibility index (Phi) is 5.89. The summed E-state index contributed by atoms with van der Waals surface area (Å²) in [6.07, 6.45) is 3.08. The maximum Gasteiger partial charge on any atom is 0.326 e. The fourth-order valence-corrected chi connectivity index (χ4v) is 1.94. The molecule has 0 radical (unpaired) electrons. The fourth-order valence-electron chi connectivity index (χ4n) is 1.94. The predicted octanol–water partition coefficient (Wildman–Crippen LogP) is 1.79. The first-order valence-corrected chi connectivity index (χ1v) is 6.78. The van der Waals surface area contributed by atoms with Crippen molar-refractivity contribution in [1.82, 2.24) is 9.88 Å². The summed E-state index contributed by atoms with van der Waals surface area (Å²) in [6, 6.07) is 0.161. The van der Waals surface area contributed by atoms with Gasteiger partial charge < -0.3 is 15.0 Å². The van der Waals surface area contributed by atoms with Crippen LogP contribution >= 0.6 is 0 Å². The second-order valence-corrected chi connectivity index (χ2v) is 4.63. The standard InChI is InChI=1S/C13H19N3O5/c1-3-5-6-10(13(18)19)14-12(17)11-7-9(16(20)21)8-15(11)4-2/h7-8,10H,3-6H2,1-2H3,(H,14,17)(H,18,19)/t10-/m0/s1. The number of carbonyl (C=O) groups is 2. The quantitative estimate of drug-likeness (QED) is 0.560. The third kappa shape index (κ3) is 4.30. The number of amides is 1. The van der Waals surface area contributed by atoms with Crippen LogP contribution in [-0.4, -0.2) is 32.5 Å². The van der Waals surface area contributed by atoms with Gasteiger partial charge in [0.05, 0.1) is 11.1 Å². The SMILES string of the molecule is CCCC[C@H](NC(=O)c1cc([N+](=O)[O-])cn1CC)C(=O)O. The summed E-state index contributed by atoms with van der Waals surface area (Å²) >= 11 is 0. The minimum atomic E-state index is -1.11. The van der Waals surface area contributed by atoms with Crippen molar-refractivity contribution in [3.05, 3.63) is 28.1 Å². The molecule has 0 aromatic carbocycles. The minimum absolute atomic E-state index is 0.0898. The number of nitro groups is 1. The molecular weight excluding hydrogens is 278 g/mol. The molecule has 8 heteroatoms. The van der Waals surface area contributed by atoms with Crippen molar-refractivity contribution < 1.29 is 19.6 Å². The lowest BCUT2D eigenvalue weighted by Crippen LogP contribution is -2.41. The van der Waals surface area contributed by atoms with Gasteiger partial charge in [-0.15, -0.1) is 0 Å². The van der Waals surface area contributed by atoms with Gasteiger partial charge in [-0.2, -0.15) is 0 Å². The van der Waals surface area contributed by atoms with Crippen LogP contribution in [0.5, 0.6) is 0 Å². The molecule has 1 rings (SSSR count). The Morgan fingerprint density at radius 2 is 2.14 bits per heavy atom. The number of hydrogen-bond acceptors (Lipinski definition) is 4. The molecule has 8 nitrogen and oxygen atoms in total. The van der Waals surface area contributed by atoms with Crippen LogP contribution in [0.4, 0.5) is 5.69 Å². The number of aryl methyl sites for hydroxylation is 1. The summed E-state index contributed by atoms with van der Waals surface area (Å²) in [6.45, 7) is 4.04. The van der Waals surface area contributed by atoms with E-state index >= 15 is 0 Å². The molecule has 0 bridgehead atoms. The Morgan fingerprint density at radius 3 is 2.62 bits per heavy atom. The average molecular weight is 297 g/mol. The normalized spacial score (nSPS) is 11.9. The molecule has 0 aliphatic carbocycles. The van der Waals surface area contributed by atoms with Crippen molar-refractivity contribution in [2.75, 3.05) is 0 Å². The zero-order chi connectivity index (χ0) is 16.0. The first-order chi connectivity index (χ1) is 9.90. The van der Waals surface area contributed by atoms with E-state index in [2.05, 4.69) is 5.32 Å². The van der Waals surface area contributed by atoms with Crippen LogP contribution in [0.3, 0.4) is 0 Å². The average Bonchev–Trinajstić information content (AvgIpc) is 2.87. The van der Waals surface area contributed by atoms with Crippen LogP contribution in [0.2, 0.25) is 0 Å². The number of aromatic nitrogens is 1. The monoisotopic (exact) mass is 297 g/mol. The van der Waals surface area contributed by atoms with Crippen molar-refractivity contribution in [2.45, 2.75) is 45.7 Å². The van der Waals surface area contributed by atoms with Crippen molar-refractivity contribution in [3.63, 3.8) is 0 Å². The molecule has 1 atom stereocenters. The predicted molar refractivity (Wildman–Crippen MR) is 75.2 cm³/mol. The number of hydrogen-bond donors (Lipinski definition) is 2. The highest BCUT2D eigenvalue weighted by Gasteiger charge is 2.24. The molecule has 0 saturated carbocycles. The van der Waals surface area contributed by atoms with Crippen LogP contribution in [0.15, 0.2) is 12.3 Å². The summed E-state index contributed by atoms with van der Waals surface area (Å²) in [5.74, 6) is -1.73. The van der Waals surface area contributed by atoms with E-state index in [1.165, 1.54) is 10.8 Å². The molecule has 0 unspecified atom stereocenters. The topological polar surface area (TPSA) is 114 Å². The molecule has 1 amide bonds. The van der Waals surface area contributed by atoms with Gasteiger partial charge in [-0.1, -0.05) is 19.8 Å². The van der Waals surface area contributed by atoms with Gasteiger partial charge in [0.1, 0.15) is 11.7 Å². The molecule has 1 heterocycles. The lowest BCUT2D eigenvalue weighted by atomic mass is 10.1. The van der Waals surface area contributed by atoms with Gasteiger partial charge in [-0.3, -0.25) is 14.9 Å². The van der Waals surface area contributed by atoms with Gasteiger partial charge in [0.15, 0.2) is 0 Å². The second kappa shape index (κ2) is 7.41. The van der Waals surface area contributed by atoms with Crippen LogP contribution in [0.1, 0.15) is 43.6 Å². The molecule has 1 aromatic heterocycles. The zero-order valence-corrected chi connectivity index (χ0v) is 12.0. The number of nitrogens with one attached hydrogen (secondary N) is 1. The zero-order valence-electron chi connectivity index (χ0n) is 12.0. The molecule has 0 spiro atoms. The Morgan fingerprint density at radius 1 is 1.48 bits per heavy atom. The first-order valence-electron chi connectivity index (χ1n) is 6.78. The second-order valence-electron chi connectivity index (χ2n) is 4.63. The van der Waals surface area contributed by atoms with Crippen molar-refractivity contribution >= 4 is 17.6 Å². The van der Waals surface area contributed by atoms with Crippen LogP contribution < -0.4 is 5.32 Å². The molecule has 0 aliphatic heterocycles. The molecule has 0 fully saturated rings. The van der Waals surface area contributed by atoms with Crippen LogP contribution in [0, 0.1) is 10.1 Å². The van der Waals surface area contributed by atoms with E-state index in [9.17, 15) is 19.7 Å². The molecule has 0 aliphatic rings. The van der Waals surface area contributed by atoms with Crippen molar-refractivity contribution in [3.8, 4) is 0 Å². The number of aliphatic carboxylic acids is 1. The number of carboxylic acids is 1. The van der Waals surface area contributed by atoms with Gasteiger partial charge in [0.25, 0.3) is 11.6 Å². The molecule has 2 N–H and O–H groups in total. The molecule has 1 aromatic rings. The van der Waals surface area contributed by atoms with E-state index < -0.39 is 22.8 Å². The largest absolute Gasteiger partial charge is 0.480 e. The van der Waals surface area contributed by atoms with E-state index in [0.717, 1.165) is 12.5 Å². The highest BCUT2D eigenvalue weighted by Crippen LogP contribution is 2.16. The fraction of sp³-hybridized carbons (Fsp3) is 0.538. The Hall–Kier alpha value is -2.38.